The smallest absolute Gasteiger partial charge is 0.302 e. The summed E-state index contributed by atoms with van der Waals surface area (Å²) in [6.45, 7) is 3.81. The third kappa shape index (κ3) is 7.97. The number of benzene rings is 1. The summed E-state index contributed by atoms with van der Waals surface area (Å²) in [4.78, 5) is 21.0. The molecule has 0 aromatic heterocycles. The Morgan fingerprint density at radius 1 is 1.23 bits per heavy atom. The fourth-order valence-electron chi connectivity index (χ4n) is 2.61. The third-order valence-electron chi connectivity index (χ3n) is 3.95. The number of nitriles is 1. The largest absolute Gasteiger partial charge is 0.489 e. The number of hydrogen-bond acceptors (Lipinski definition) is 6. The number of esters is 1. The van der Waals surface area contributed by atoms with Crippen molar-refractivity contribution in [3.8, 4) is 11.8 Å². The van der Waals surface area contributed by atoms with E-state index in [0.717, 1.165) is 44.9 Å². The molecule has 0 radical (unpaired) electrons. The topological polar surface area (TPSA) is 102 Å². The van der Waals surface area contributed by atoms with E-state index in [2.05, 4.69) is 0 Å². The molecule has 0 amide bonds. The van der Waals surface area contributed by atoms with Gasteiger partial charge >= 0.3 is 5.97 Å². The van der Waals surface area contributed by atoms with Crippen molar-refractivity contribution in [3.63, 3.8) is 0 Å². The molecular weight excluding hydrogens is 336 g/mol. The van der Waals surface area contributed by atoms with Crippen LogP contribution < -0.4 is 4.74 Å². The van der Waals surface area contributed by atoms with Gasteiger partial charge in [0.05, 0.1) is 17.6 Å². The van der Waals surface area contributed by atoms with Gasteiger partial charge in [-0.15, -0.1) is 0 Å². The van der Waals surface area contributed by atoms with E-state index >= 15 is 0 Å². The van der Waals surface area contributed by atoms with Crippen LogP contribution in [0.4, 0.5) is 5.69 Å². The number of nitro groups is 1. The third-order valence-corrected chi connectivity index (χ3v) is 3.95. The highest BCUT2D eigenvalue weighted by molar-refractivity contribution is 5.65. The maximum atomic E-state index is 11.0. The lowest BCUT2D eigenvalue weighted by Gasteiger charge is -2.15. The first-order valence-corrected chi connectivity index (χ1v) is 8.93. The summed E-state index contributed by atoms with van der Waals surface area (Å²) < 4.78 is 10.6. The van der Waals surface area contributed by atoms with Crippen LogP contribution in [0.3, 0.4) is 0 Å². The number of carbonyl (C=O) groups excluding carboxylic acids is 1. The van der Waals surface area contributed by atoms with Crippen molar-refractivity contribution in [2.45, 2.75) is 64.9 Å². The highest BCUT2D eigenvalue weighted by Crippen LogP contribution is 2.28. The Bertz CT molecular complexity index is 639. The molecule has 26 heavy (non-hydrogen) atoms. The predicted molar refractivity (Wildman–Crippen MR) is 96.9 cm³/mol. The lowest BCUT2D eigenvalue weighted by atomic mass is 10.1. The summed E-state index contributed by atoms with van der Waals surface area (Å²) in [5, 5.41) is 20.1. The lowest BCUT2D eigenvalue weighted by molar-refractivity contribution is -0.385. The second-order valence-electron chi connectivity index (χ2n) is 6.20. The molecule has 1 atom stereocenters. The molecule has 0 saturated carbocycles. The molecule has 1 rings (SSSR count). The summed E-state index contributed by atoms with van der Waals surface area (Å²) in [6.07, 6.45) is 6.89. The maximum Gasteiger partial charge on any atom is 0.302 e. The molecule has 7 heteroatoms. The number of ether oxygens (including phenoxy) is 2. The molecule has 1 aromatic carbocycles. The molecule has 0 heterocycles. The number of unbranched alkanes of at least 4 members (excludes halogenated alkanes) is 5. The normalized spacial score (nSPS) is 11.4. The van der Waals surface area contributed by atoms with Crippen molar-refractivity contribution in [1.82, 2.24) is 0 Å². The molecule has 0 saturated heterocycles. The number of carbonyl (C=O) groups is 1. The monoisotopic (exact) mass is 362 g/mol. The zero-order valence-electron chi connectivity index (χ0n) is 15.4. The number of hydrogen-bond donors (Lipinski definition) is 0. The molecule has 0 N–H and O–H groups in total. The molecule has 0 aliphatic heterocycles. The van der Waals surface area contributed by atoms with Crippen LogP contribution >= 0.6 is 0 Å². The van der Waals surface area contributed by atoms with Crippen LogP contribution in [-0.4, -0.2) is 23.6 Å². The van der Waals surface area contributed by atoms with Gasteiger partial charge in [0.15, 0.2) is 5.56 Å². The molecule has 0 spiro atoms. The minimum Gasteiger partial charge on any atom is -0.489 e. The zero-order valence-corrected chi connectivity index (χ0v) is 15.4. The highest BCUT2D eigenvalue weighted by Gasteiger charge is 2.19. The van der Waals surface area contributed by atoms with E-state index in [1.54, 1.807) is 6.07 Å². The van der Waals surface area contributed by atoms with Gasteiger partial charge in [0.25, 0.3) is 5.69 Å². The SMILES string of the molecule is CC(=O)OCCCCCCCCC(C)Oc1cccc([N+](=O)[O-])c1C#N. The Hall–Kier alpha value is -2.62. The minimum atomic E-state index is -0.572. The first-order chi connectivity index (χ1) is 12.5. The first kappa shape index (κ1) is 21.4. The Morgan fingerprint density at radius 2 is 1.88 bits per heavy atom. The second-order valence-corrected chi connectivity index (χ2v) is 6.20. The van der Waals surface area contributed by atoms with E-state index in [0.29, 0.717) is 6.61 Å². The van der Waals surface area contributed by atoms with Gasteiger partial charge in [0.2, 0.25) is 0 Å². The Balaban J connectivity index is 2.26. The van der Waals surface area contributed by atoms with Gasteiger partial charge in [0, 0.05) is 13.0 Å². The van der Waals surface area contributed by atoms with Gasteiger partial charge in [-0.1, -0.05) is 31.7 Å². The minimum absolute atomic E-state index is 0.0304. The van der Waals surface area contributed by atoms with Gasteiger partial charge in [0.1, 0.15) is 11.8 Å². The molecule has 0 aliphatic carbocycles. The van der Waals surface area contributed by atoms with Crippen LogP contribution in [0.15, 0.2) is 18.2 Å². The Labute approximate surface area is 154 Å². The van der Waals surface area contributed by atoms with Crippen LogP contribution in [0.25, 0.3) is 0 Å². The van der Waals surface area contributed by atoms with Crippen molar-refractivity contribution < 1.29 is 19.2 Å². The fourth-order valence-corrected chi connectivity index (χ4v) is 2.61. The van der Waals surface area contributed by atoms with Crippen LogP contribution in [-0.2, 0) is 9.53 Å². The Kier molecular flexibility index (Phi) is 9.77. The second kappa shape index (κ2) is 11.9. The molecule has 1 unspecified atom stereocenters. The fraction of sp³-hybridized carbons (Fsp3) is 0.579. The summed E-state index contributed by atoms with van der Waals surface area (Å²) in [7, 11) is 0. The maximum absolute atomic E-state index is 11.0. The number of rotatable bonds is 12. The van der Waals surface area contributed by atoms with Crippen LogP contribution in [0.2, 0.25) is 0 Å². The van der Waals surface area contributed by atoms with Crippen molar-refractivity contribution in [2.75, 3.05) is 6.61 Å². The van der Waals surface area contributed by atoms with Crippen molar-refractivity contribution in [1.29, 1.82) is 5.26 Å². The summed E-state index contributed by atoms with van der Waals surface area (Å²) in [6, 6.07) is 6.28. The van der Waals surface area contributed by atoms with Gasteiger partial charge in [-0.05, 0) is 32.3 Å². The highest BCUT2D eigenvalue weighted by atomic mass is 16.6. The number of nitro benzene ring substituents is 1. The molecule has 0 bridgehead atoms. The molecule has 0 fully saturated rings. The van der Waals surface area contributed by atoms with Crippen LogP contribution in [0, 0.1) is 21.4 Å². The van der Waals surface area contributed by atoms with E-state index in [-0.39, 0.29) is 29.1 Å². The van der Waals surface area contributed by atoms with Crippen molar-refractivity contribution >= 4 is 11.7 Å². The number of nitrogens with zero attached hydrogens (tertiary/aromatic N) is 2. The molecule has 0 aliphatic rings. The van der Waals surface area contributed by atoms with Gasteiger partial charge in [-0.25, -0.2) is 0 Å². The van der Waals surface area contributed by atoms with Crippen molar-refractivity contribution in [3.05, 3.63) is 33.9 Å². The molecule has 7 nitrogen and oxygen atoms in total. The van der Waals surface area contributed by atoms with Crippen LogP contribution in [0.5, 0.6) is 5.75 Å². The van der Waals surface area contributed by atoms with Gasteiger partial charge in [-0.2, -0.15) is 5.26 Å². The van der Waals surface area contributed by atoms with Gasteiger partial charge < -0.3 is 9.47 Å². The molecule has 142 valence electrons. The molecular formula is C19H26N2O5. The van der Waals surface area contributed by atoms with E-state index in [1.807, 2.05) is 13.0 Å². The van der Waals surface area contributed by atoms with Gasteiger partial charge in [-0.3, -0.25) is 14.9 Å². The summed E-state index contributed by atoms with van der Waals surface area (Å²) >= 11 is 0. The summed E-state index contributed by atoms with van der Waals surface area (Å²) in [5.74, 6) is 0.0296. The van der Waals surface area contributed by atoms with E-state index in [9.17, 15) is 14.9 Å². The zero-order chi connectivity index (χ0) is 19.4. The quantitative estimate of drug-likeness (QED) is 0.234. The lowest BCUT2D eigenvalue weighted by Crippen LogP contribution is -2.12. The first-order valence-electron chi connectivity index (χ1n) is 8.93. The predicted octanol–water partition coefficient (Wildman–Crippen LogP) is 4.53. The average Bonchev–Trinajstić information content (AvgIpc) is 2.59. The Morgan fingerprint density at radius 3 is 2.50 bits per heavy atom. The average molecular weight is 362 g/mol. The van der Waals surface area contributed by atoms with E-state index < -0.39 is 4.92 Å². The standard InChI is InChI=1S/C19H26N2O5/c1-15(10-7-5-3-4-6-8-13-25-16(2)22)26-19-12-9-11-18(21(23)24)17(19)14-20/h9,11-12,15H,3-8,10,13H2,1-2H3. The molecule has 1 aromatic rings. The van der Waals surface area contributed by atoms with E-state index in [1.165, 1.54) is 19.1 Å². The van der Waals surface area contributed by atoms with E-state index in [4.69, 9.17) is 14.7 Å². The summed E-state index contributed by atoms with van der Waals surface area (Å²) in [5.41, 5.74) is -0.261. The van der Waals surface area contributed by atoms with Crippen molar-refractivity contribution in [2.24, 2.45) is 0 Å². The van der Waals surface area contributed by atoms with Crippen LogP contribution in [0.1, 0.15) is 64.4 Å².